The number of hydrogen-bond acceptors (Lipinski definition) is 5. The number of nitrogens with zero attached hydrogens (tertiary/aromatic N) is 2. The highest BCUT2D eigenvalue weighted by atomic mass is 19.4. The number of ether oxygens (including phenoxy) is 1. The number of phenolic OH excluding ortho intramolecular Hbond substituents is 1. The monoisotopic (exact) mass is 726 g/mol. The van der Waals surface area contributed by atoms with Gasteiger partial charge in [0.2, 0.25) is 0 Å². The number of benzene rings is 4. The Kier molecular flexibility index (Phi) is 9.62. The van der Waals surface area contributed by atoms with Crippen LogP contribution in [0.15, 0.2) is 78.9 Å². The highest BCUT2D eigenvalue weighted by molar-refractivity contribution is 6.03. The summed E-state index contributed by atoms with van der Waals surface area (Å²) < 4.78 is 87.2. The van der Waals surface area contributed by atoms with Crippen LogP contribution in [0.25, 0.3) is 11.1 Å². The molecule has 0 unspecified atom stereocenters. The van der Waals surface area contributed by atoms with Crippen LogP contribution in [0.1, 0.15) is 51.7 Å². The minimum Gasteiger partial charge on any atom is -0.503 e. The van der Waals surface area contributed by atoms with Gasteiger partial charge in [-0.25, -0.2) is 9.18 Å². The number of para-hydroxylation sites is 2. The molecule has 0 atom stereocenters. The van der Waals surface area contributed by atoms with Crippen LogP contribution in [0.5, 0.6) is 11.5 Å². The van der Waals surface area contributed by atoms with Crippen molar-refractivity contribution in [1.29, 1.82) is 0 Å². The highest BCUT2D eigenvalue weighted by Crippen LogP contribution is 2.58. The largest absolute Gasteiger partial charge is 0.503 e. The van der Waals surface area contributed by atoms with Crippen molar-refractivity contribution < 1.29 is 41.0 Å². The average molecular weight is 727 g/mol. The molecule has 0 aliphatic carbocycles. The quantitative estimate of drug-likeness (QED) is 0.165. The predicted octanol–water partition coefficient (Wildman–Crippen LogP) is 10.4. The topological polar surface area (TPSA) is 77.1 Å². The summed E-state index contributed by atoms with van der Waals surface area (Å²) in [7, 11) is 0. The first-order valence-electron chi connectivity index (χ1n) is 16.9. The van der Waals surface area contributed by atoms with Gasteiger partial charge in [0.05, 0.1) is 22.6 Å². The van der Waals surface area contributed by atoms with Crippen LogP contribution in [0.4, 0.5) is 53.9 Å². The zero-order chi connectivity index (χ0) is 37.6. The molecule has 52 heavy (non-hydrogen) atoms. The van der Waals surface area contributed by atoms with Crippen molar-refractivity contribution in [3.8, 4) is 22.6 Å². The van der Waals surface area contributed by atoms with E-state index in [0.717, 1.165) is 18.7 Å². The van der Waals surface area contributed by atoms with Gasteiger partial charge in [-0.3, -0.25) is 0 Å². The molecule has 13 heteroatoms. The maximum atomic E-state index is 15.8. The van der Waals surface area contributed by atoms with Crippen molar-refractivity contribution >= 4 is 28.8 Å². The Morgan fingerprint density at radius 3 is 2.12 bits per heavy atom. The van der Waals surface area contributed by atoms with Gasteiger partial charge in [0.25, 0.3) is 0 Å². The van der Waals surface area contributed by atoms with Gasteiger partial charge in [0, 0.05) is 31.1 Å². The molecule has 2 aliphatic rings. The minimum absolute atomic E-state index is 0.0437. The fraction of sp³-hybridized carbons (Fsp3) is 0.359. The van der Waals surface area contributed by atoms with E-state index in [1.807, 2.05) is 0 Å². The normalized spacial score (nSPS) is 16.2. The predicted molar refractivity (Wildman–Crippen MR) is 189 cm³/mol. The zero-order valence-corrected chi connectivity index (χ0v) is 29.2. The lowest BCUT2D eigenvalue weighted by atomic mass is 9.71. The van der Waals surface area contributed by atoms with Gasteiger partial charge in [0.15, 0.2) is 11.6 Å². The molecular formula is C39H40F6N4O3. The Hall–Kier alpha value is -4.91. The van der Waals surface area contributed by atoms with Gasteiger partial charge in [-0.1, -0.05) is 45.0 Å². The van der Waals surface area contributed by atoms with Crippen molar-refractivity contribution in [2.24, 2.45) is 5.41 Å². The number of nitrogens with one attached hydrogen (secondary N) is 2. The Morgan fingerprint density at radius 2 is 1.52 bits per heavy atom. The van der Waals surface area contributed by atoms with Gasteiger partial charge in [-0.2, -0.15) is 22.0 Å². The van der Waals surface area contributed by atoms with Crippen molar-refractivity contribution in [2.75, 3.05) is 41.7 Å². The molecule has 7 nitrogen and oxygen atoms in total. The lowest BCUT2D eigenvalue weighted by Gasteiger charge is -2.42. The first-order valence-corrected chi connectivity index (χ1v) is 16.9. The number of fused-ring (bicyclic) bond motifs is 2. The molecule has 3 N–H and O–H groups in total. The zero-order valence-electron chi connectivity index (χ0n) is 29.2. The third-order valence-corrected chi connectivity index (χ3v) is 9.38. The number of carbonyl (C=O) groups is 1. The summed E-state index contributed by atoms with van der Waals surface area (Å²) in [5.74, 6) is -1.62. The molecule has 6 rings (SSSR count). The molecule has 4 aromatic carbocycles. The van der Waals surface area contributed by atoms with E-state index in [0.29, 0.717) is 73.2 Å². The molecule has 0 aromatic heterocycles. The molecule has 2 heterocycles. The Bertz CT molecular complexity index is 1930. The van der Waals surface area contributed by atoms with Crippen LogP contribution >= 0.6 is 0 Å². The molecule has 2 amide bonds. The number of amides is 2. The minimum atomic E-state index is -4.55. The van der Waals surface area contributed by atoms with Crippen molar-refractivity contribution in [2.45, 2.75) is 58.2 Å². The van der Waals surface area contributed by atoms with E-state index >= 15 is 4.39 Å². The number of piperidine rings is 1. The highest BCUT2D eigenvalue weighted by Gasteiger charge is 2.49. The first kappa shape index (κ1) is 36.9. The summed E-state index contributed by atoms with van der Waals surface area (Å²) in [6.45, 7) is 9.65. The summed E-state index contributed by atoms with van der Waals surface area (Å²) in [5, 5.41) is 16.9. The van der Waals surface area contributed by atoms with Gasteiger partial charge < -0.3 is 30.3 Å². The maximum absolute atomic E-state index is 15.8. The lowest BCUT2D eigenvalue weighted by molar-refractivity contribution is -0.159. The van der Waals surface area contributed by atoms with Gasteiger partial charge >= 0.3 is 18.3 Å². The van der Waals surface area contributed by atoms with Crippen LogP contribution in [-0.2, 0) is 11.6 Å². The fourth-order valence-electron chi connectivity index (χ4n) is 7.29. The standard InChI is InChI=1S/C39H40F6N4O3/c1-36(2,3)22-48-19-17-38(18-20-48)23-49(33-32(38)28(21-29(40)34(33)50)24-9-11-25(12-10-24)39(43,44)45)31-8-6-5-7-30(31)47-35(51)46-26-13-15-27(16-14-26)52-37(4,41)42/h5-16,21,50H,17-20,22-23H2,1-4H3,(H2,46,47,51). The van der Waals surface area contributed by atoms with Crippen LogP contribution in [-0.4, -0.2) is 48.3 Å². The third-order valence-electron chi connectivity index (χ3n) is 9.38. The van der Waals surface area contributed by atoms with Crippen LogP contribution in [0.3, 0.4) is 0 Å². The second-order valence-electron chi connectivity index (χ2n) is 14.8. The third kappa shape index (κ3) is 7.94. The van der Waals surface area contributed by atoms with E-state index in [-0.39, 0.29) is 16.9 Å². The number of rotatable bonds is 7. The Balaban J connectivity index is 1.38. The van der Waals surface area contributed by atoms with E-state index in [1.165, 1.54) is 42.5 Å². The second kappa shape index (κ2) is 13.6. The number of carbonyl (C=O) groups excluding carboxylic acids is 1. The number of likely N-dealkylation sites (tertiary alicyclic amines) is 1. The summed E-state index contributed by atoms with van der Waals surface area (Å²) in [4.78, 5) is 17.4. The van der Waals surface area contributed by atoms with Gasteiger partial charge in [0.1, 0.15) is 5.75 Å². The Labute approximate surface area is 298 Å². The molecule has 1 spiro atoms. The number of phenols is 1. The molecule has 1 fully saturated rings. The van der Waals surface area contributed by atoms with Crippen molar-refractivity contribution in [3.05, 3.63) is 95.8 Å². The number of halogens is 6. The Morgan fingerprint density at radius 1 is 0.885 bits per heavy atom. The van der Waals surface area contributed by atoms with Crippen molar-refractivity contribution in [1.82, 2.24) is 4.90 Å². The lowest BCUT2D eigenvalue weighted by Crippen LogP contribution is -2.47. The molecule has 4 aromatic rings. The van der Waals surface area contributed by atoms with Gasteiger partial charge in [-0.15, -0.1) is 0 Å². The summed E-state index contributed by atoms with van der Waals surface area (Å²) in [6.07, 6.45) is -6.66. The fourth-order valence-corrected chi connectivity index (χ4v) is 7.29. The molecule has 0 saturated carbocycles. The number of anilines is 4. The molecule has 1 saturated heterocycles. The smallest absolute Gasteiger partial charge is 0.416 e. The number of hydrogen-bond donors (Lipinski definition) is 3. The van der Waals surface area contributed by atoms with Crippen LogP contribution < -0.4 is 20.3 Å². The number of urea groups is 1. The van der Waals surface area contributed by atoms with E-state index in [1.54, 1.807) is 29.2 Å². The SMILES string of the molecule is CC(C)(C)CN1CCC2(CC1)CN(c1ccccc1NC(=O)Nc1ccc(OC(C)(F)F)cc1)c1c(O)c(F)cc(-c3ccc(C(F)(F)F)cc3)c12. The van der Waals surface area contributed by atoms with E-state index in [9.17, 15) is 31.9 Å². The first-order chi connectivity index (χ1) is 24.3. The number of aromatic hydroxyl groups is 1. The van der Waals surface area contributed by atoms with Crippen molar-refractivity contribution in [3.63, 3.8) is 0 Å². The molecule has 0 bridgehead atoms. The summed E-state index contributed by atoms with van der Waals surface area (Å²) in [6, 6.07) is 17.3. The maximum Gasteiger partial charge on any atom is 0.416 e. The molecular weight excluding hydrogens is 686 g/mol. The van der Waals surface area contributed by atoms with E-state index in [2.05, 4.69) is 41.0 Å². The molecule has 2 aliphatic heterocycles. The van der Waals surface area contributed by atoms with Gasteiger partial charge in [-0.05, 0) is 103 Å². The number of alkyl halides is 5. The average Bonchev–Trinajstić information content (AvgIpc) is 3.38. The molecule has 0 radical (unpaired) electrons. The summed E-state index contributed by atoms with van der Waals surface area (Å²) in [5.41, 5.74) is 1.29. The summed E-state index contributed by atoms with van der Waals surface area (Å²) >= 11 is 0. The second-order valence-corrected chi connectivity index (χ2v) is 14.8. The van der Waals surface area contributed by atoms with E-state index in [4.69, 9.17) is 0 Å². The van der Waals surface area contributed by atoms with E-state index < -0.39 is 40.9 Å². The van der Waals surface area contributed by atoms with Crippen LogP contribution in [0, 0.1) is 11.2 Å². The van der Waals surface area contributed by atoms with Crippen LogP contribution in [0.2, 0.25) is 0 Å². The molecule has 276 valence electrons.